The standard InChI is InChI=1S/C16H16ClNO6S2/c1-10-3-6-14(25(21,22)13-7-4-12(17)5-8-13)9-15(10)26(23,24)18-11(2)16(19)20/h3-9,11,18H,1-2H3,(H,19,20)/p-1/t11-/m1/s1. The lowest BCUT2D eigenvalue weighted by Gasteiger charge is -2.16. The number of aryl methyl sites for hydroxylation is 1. The molecule has 0 saturated heterocycles. The van der Waals surface area contributed by atoms with E-state index in [1.165, 1.54) is 43.3 Å². The van der Waals surface area contributed by atoms with E-state index in [0.29, 0.717) is 5.02 Å². The Morgan fingerprint density at radius 1 is 1.04 bits per heavy atom. The second kappa shape index (κ2) is 7.36. The first-order chi connectivity index (χ1) is 11.9. The van der Waals surface area contributed by atoms with E-state index in [1.54, 1.807) is 0 Å². The van der Waals surface area contributed by atoms with Crippen molar-refractivity contribution < 1.29 is 26.7 Å². The van der Waals surface area contributed by atoms with Crippen LogP contribution in [0.3, 0.4) is 0 Å². The quantitative estimate of drug-likeness (QED) is 0.746. The van der Waals surface area contributed by atoms with E-state index < -0.39 is 31.9 Å². The van der Waals surface area contributed by atoms with E-state index in [0.717, 1.165) is 13.0 Å². The van der Waals surface area contributed by atoms with Crippen LogP contribution in [0.2, 0.25) is 5.02 Å². The van der Waals surface area contributed by atoms with Crippen LogP contribution in [0, 0.1) is 6.92 Å². The smallest absolute Gasteiger partial charge is 0.241 e. The number of hydrogen-bond donors (Lipinski definition) is 1. The van der Waals surface area contributed by atoms with Crippen LogP contribution in [-0.4, -0.2) is 28.8 Å². The molecule has 7 nitrogen and oxygen atoms in total. The molecule has 0 radical (unpaired) electrons. The van der Waals surface area contributed by atoms with Gasteiger partial charge in [0.25, 0.3) is 0 Å². The molecule has 2 aromatic carbocycles. The highest BCUT2D eigenvalue weighted by molar-refractivity contribution is 7.91. The Kier molecular flexibility index (Phi) is 5.76. The molecule has 0 aliphatic carbocycles. The van der Waals surface area contributed by atoms with Crippen molar-refractivity contribution in [1.82, 2.24) is 4.72 Å². The maximum atomic E-state index is 12.7. The van der Waals surface area contributed by atoms with E-state index in [9.17, 15) is 26.7 Å². The predicted octanol–water partition coefficient (Wildman–Crippen LogP) is 0.898. The first-order valence-electron chi connectivity index (χ1n) is 7.29. The molecule has 0 bridgehead atoms. The molecule has 0 aliphatic rings. The zero-order chi connectivity index (χ0) is 19.7. The van der Waals surface area contributed by atoms with Crippen molar-refractivity contribution in [2.75, 3.05) is 0 Å². The van der Waals surface area contributed by atoms with Gasteiger partial charge in [0.1, 0.15) is 0 Å². The first kappa shape index (κ1) is 20.4. The summed E-state index contributed by atoms with van der Waals surface area (Å²) in [6.45, 7) is 2.58. The van der Waals surface area contributed by atoms with Gasteiger partial charge >= 0.3 is 0 Å². The van der Waals surface area contributed by atoms with E-state index in [-0.39, 0.29) is 20.2 Å². The van der Waals surface area contributed by atoms with Gasteiger partial charge in [0.15, 0.2) is 0 Å². The number of halogens is 1. The number of sulfonamides is 1. The van der Waals surface area contributed by atoms with Gasteiger partial charge < -0.3 is 9.90 Å². The monoisotopic (exact) mass is 416 g/mol. The summed E-state index contributed by atoms with van der Waals surface area (Å²) in [7, 11) is -8.24. The minimum absolute atomic E-state index is 0.0508. The summed E-state index contributed by atoms with van der Waals surface area (Å²) in [6.07, 6.45) is 0. The second-order valence-corrected chi connectivity index (χ2v) is 9.62. The Morgan fingerprint density at radius 2 is 1.58 bits per heavy atom. The number of carbonyl (C=O) groups excluding carboxylic acids is 1. The van der Waals surface area contributed by atoms with E-state index in [2.05, 4.69) is 0 Å². The maximum absolute atomic E-state index is 12.7. The van der Waals surface area contributed by atoms with Crippen LogP contribution < -0.4 is 9.83 Å². The molecule has 26 heavy (non-hydrogen) atoms. The molecule has 0 unspecified atom stereocenters. The molecule has 0 aromatic heterocycles. The number of nitrogens with one attached hydrogen (secondary N) is 1. The fourth-order valence-corrected chi connectivity index (χ4v) is 5.08. The van der Waals surface area contributed by atoms with Gasteiger partial charge in [-0.3, -0.25) is 0 Å². The van der Waals surface area contributed by atoms with Gasteiger partial charge in [0.05, 0.1) is 26.7 Å². The average Bonchev–Trinajstić information content (AvgIpc) is 2.54. The number of rotatable bonds is 6. The fraction of sp³-hybridized carbons (Fsp3) is 0.188. The summed E-state index contributed by atoms with van der Waals surface area (Å²) in [6, 6.07) is 7.55. The number of benzene rings is 2. The highest BCUT2D eigenvalue weighted by Crippen LogP contribution is 2.26. The summed E-state index contributed by atoms with van der Waals surface area (Å²) in [5, 5.41) is 11.1. The highest BCUT2D eigenvalue weighted by Gasteiger charge is 2.24. The third-order valence-corrected chi connectivity index (χ3v) is 7.27. The van der Waals surface area contributed by atoms with Gasteiger partial charge in [-0.2, -0.15) is 0 Å². The van der Waals surface area contributed by atoms with Crippen molar-refractivity contribution in [3.63, 3.8) is 0 Å². The van der Waals surface area contributed by atoms with Gasteiger partial charge in [0, 0.05) is 5.02 Å². The molecular weight excluding hydrogens is 402 g/mol. The molecule has 0 spiro atoms. The minimum atomic E-state index is -4.26. The second-order valence-electron chi connectivity index (χ2n) is 5.55. The molecule has 140 valence electrons. The molecule has 1 N–H and O–H groups in total. The van der Waals surface area contributed by atoms with Crippen molar-refractivity contribution in [1.29, 1.82) is 0 Å². The van der Waals surface area contributed by atoms with Crippen LogP contribution in [0.1, 0.15) is 12.5 Å². The van der Waals surface area contributed by atoms with E-state index in [1.807, 2.05) is 4.72 Å². The van der Waals surface area contributed by atoms with Gasteiger partial charge in [0.2, 0.25) is 19.9 Å². The van der Waals surface area contributed by atoms with Crippen molar-refractivity contribution in [2.45, 2.75) is 34.6 Å². The lowest BCUT2D eigenvalue weighted by atomic mass is 10.2. The van der Waals surface area contributed by atoms with Crippen LogP contribution in [0.4, 0.5) is 0 Å². The van der Waals surface area contributed by atoms with Crippen molar-refractivity contribution in [3.8, 4) is 0 Å². The van der Waals surface area contributed by atoms with Crippen LogP contribution in [0.5, 0.6) is 0 Å². The SMILES string of the molecule is Cc1ccc(S(=O)(=O)c2ccc(Cl)cc2)cc1S(=O)(=O)N[C@H](C)C(=O)[O-]. The topological polar surface area (TPSA) is 120 Å². The van der Waals surface area contributed by atoms with Crippen molar-refractivity contribution >= 4 is 37.4 Å². The Bertz CT molecular complexity index is 1050. The van der Waals surface area contributed by atoms with E-state index >= 15 is 0 Å². The first-order valence-corrected chi connectivity index (χ1v) is 10.6. The Morgan fingerprint density at radius 3 is 2.12 bits per heavy atom. The normalized spacial score (nSPS) is 13.3. The average molecular weight is 417 g/mol. The molecule has 2 aromatic rings. The van der Waals surface area contributed by atoms with Gasteiger partial charge in [-0.25, -0.2) is 21.6 Å². The molecule has 0 amide bonds. The highest BCUT2D eigenvalue weighted by atomic mass is 35.5. The fourth-order valence-electron chi connectivity index (χ4n) is 2.13. The minimum Gasteiger partial charge on any atom is -0.548 e. The predicted molar refractivity (Wildman–Crippen MR) is 92.9 cm³/mol. The summed E-state index contributed by atoms with van der Waals surface area (Å²) in [5.41, 5.74) is 0.262. The number of hydrogen-bond acceptors (Lipinski definition) is 6. The Balaban J connectivity index is 2.53. The molecule has 0 aliphatic heterocycles. The van der Waals surface area contributed by atoms with E-state index in [4.69, 9.17) is 11.6 Å². The number of sulfone groups is 1. The Labute approximate surface area is 156 Å². The lowest BCUT2D eigenvalue weighted by Crippen LogP contribution is -2.45. The molecule has 0 heterocycles. The number of carboxylic acid groups (broad SMARTS) is 1. The molecule has 1 atom stereocenters. The third-order valence-electron chi connectivity index (χ3n) is 3.57. The largest absolute Gasteiger partial charge is 0.548 e. The van der Waals surface area contributed by atoms with Crippen molar-refractivity contribution in [3.05, 3.63) is 53.1 Å². The molecule has 0 fully saturated rings. The molecule has 2 rings (SSSR count). The van der Waals surface area contributed by atoms with Crippen LogP contribution in [0.25, 0.3) is 0 Å². The summed E-state index contributed by atoms with van der Waals surface area (Å²) < 4.78 is 52.2. The number of carbonyl (C=O) groups is 1. The number of carboxylic acids is 1. The van der Waals surface area contributed by atoms with Crippen LogP contribution >= 0.6 is 11.6 Å². The van der Waals surface area contributed by atoms with Crippen LogP contribution in [0.15, 0.2) is 57.2 Å². The summed E-state index contributed by atoms with van der Waals surface area (Å²) in [5.74, 6) is -1.60. The zero-order valence-corrected chi connectivity index (χ0v) is 16.2. The Hall–Kier alpha value is -1.94. The summed E-state index contributed by atoms with van der Waals surface area (Å²) >= 11 is 5.75. The lowest BCUT2D eigenvalue weighted by molar-refractivity contribution is -0.307. The van der Waals surface area contributed by atoms with Gasteiger partial charge in [-0.15, -0.1) is 0 Å². The maximum Gasteiger partial charge on any atom is 0.241 e. The van der Waals surface area contributed by atoms with Crippen molar-refractivity contribution in [2.24, 2.45) is 0 Å². The van der Waals surface area contributed by atoms with Gasteiger partial charge in [-0.1, -0.05) is 17.7 Å². The number of aliphatic carboxylic acids is 1. The molecule has 10 heteroatoms. The van der Waals surface area contributed by atoms with Gasteiger partial charge in [-0.05, 0) is 55.8 Å². The molecular formula is C16H15ClNO6S2-. The van der Waals surface area contributed by atoms with Crippen LogP contribution in [-0.2, 0) is 24.7 Å². The zero-order valence-electron chi connectivity index (χ0n) is 13.8. The molecule has 0 saturated carbocycles. The summed E-state index contributed by atoms with van der Waals surface area (Å²) in [4.78, 5) is 10.2. The third kappa shape index (κ3) is 4.24.